The third-order valence-electron chi connectivity index (χ3n) is 2.45. The topological polar surface area (TPSA) is 64.3 Å². The van der Waals surface area contributed by atoms with E-state index in [9.17, 15) is 4.79 Å². The average Bonchev–Trinajstić information content (AvgIpc) is 2.42. The molecule has 0 aliphatic heterocycles. The van der Waals surface area contributed by atoms with Gasteiger partial charge in [0.25, 0.3) is 5.91 Å². The van der Waals surface area contributed by atoms with Crippen LogP contribution in [0.2, 0.25) is 5.02 Å². The van der Waals surface area contributed by atoms with E-state index in [0.717, 1.165) is 4.47 Å². The largest absolute Gasteiger partial charge is 0.484 e. The highest BCUT2D eigenvalue weighted by Gasteiger charge is 2.07. The standard InChI is InChI=1S/C14H12BrClN2O2/c15-9-1-6-12(16)13(7-9)18-14(19)8-20-11-4-2-10(17)3-5-11/h1-7H,8,17H2,(H,18,19). The summed E-state index contributed by atoms with van der Waals surface area (Å²) in [7, 11) is 0. The summed E-state index contributed by atoms with van der Waals surface area (Å²) in [4.78, 5) is 11.8. The van der Waals surface area contributed by atoms with Crippen LogP contribution in [0.3, 0.4) is 0 Å². The van der Waals surface area contributed by atoms with Crippen LogP contribution in [0.4, 0.5) is 11.4 Å². The van der Waals surface area contributed by atoms with Crippen LogP contribution in [0, 0.1) is 0 Å². The summed E-state index contributed by atoms with van der Waals surface area (Å²) < 4.78 is 6.17. The van der Waals surface area contributed by atoms with Gasteiger partial charge in [0, 0.05) is 10.2 Å². The predicted molar refractivity (Wildman–Crippen MR) is 84.1 cm³/mol. The number of carbonyl (C=O) groups excluding carboxylic acids is 1. The van der Waals surface area contributed by atoms with Crippen LogP contribution < -0.4 is 15.8 Å². The van der Waals surface area contributed by atoms with Crippen LogP contribution in [0.25, 0.3) is 0 Å². The Morgan fingerprint density at radius 3 is 2.65 bits per heavy atom. The van der Waals surface area contributed by atoms with Gasteiger partial charge in [-0.3, -0.25) is 4.79 Å². The van der Waals surface area contributed by atoms with Gasteiger partial charge in [0.15, 0.2) is 6.61 Å². The highest BCUT2D eigenvalue weighted by Crippen LogP contribution is 2.25. The number of benzene rings is 2. The molecule has 0 radical (unpaired) electrons. The van der Waals surface area contributed by atoms with E-state index >= 15 is 0 Å². The van der Waals surface area contributed by atoms with E-state index in [1.807, 2.05) is 0 Å². The van der Waals surface area contributed by atoms with Gasteiger partial charge >= 0.3 is 0 Å². The molecule has 3 N–H and O–H groups in total. The third kappa shape index (κ3) is 4.15. The maximum absolute atomic E-state index is 11.8. The number of anilines is 2. The molecule has 4 nitrogen and oxygen atoms in total. The van der Waals surface area contributed by atoms with Crippen molar-refractivity contribution >= 4 is 44.8 Å². The number of hydrogen-bond donors (Lipinski definition) is 2. The molecule has 0 atom stereocenters. The molecular formula is C14H12BrClN2O2. The molecule has 104 valence electrons. The zero-order chi connectivity index (χ0) is 14.5. The van der Waals surface area contributed by atoms with Crippen molar-refractivity contribution in [1.82, 2.24) is 0 Å². The molecule has 1 amide bonds. The molecule has 20 heavy (non-hydrogen) atoms. The van der Waals surface area contributed by atoms with Crippen LogP contribution in [0.15, 0.2) is 46.9 Å². The molecule has 2 aromatic carbocycles. The molecule has 0 saturated carbocycles. The zero-order valence-electron chi connectivity index (χ0n) is 10.4. The van der Waals surface area contributed by atoms with Crippen LogP contribution >= 0.6 is 27.5 Å². The van der Waals surface area contributed by atoms with Gasteiger partial charge < -0.3 is 15.8 Å². The Morgan fingerprint density at radius 1 is 1.25 bits per heavy atom. The minimum absolute atomic E-state index is 0.104. The van der Waals surface area contributed by atoms with Crippen molar-refractivity contribution in [1.29, 1.82) is 0 Å². The highest BCUT2D eigenvalue weighted by molar-refractivity contribution is 9.10. The first-order chi connectivity index (χ1) is 9.54. The molecule has 0 aliphatic carbocycles. The van der Waals surface area contributed by atoms with Gasteiger partial charge in [0.05, 0.1) is 10.7 Å². The lowest BCUT2D eigenvalue weighted by molar-refractivity contribution is -0.118. The lowest BCUT2D eigenvalue weighted by Gasteiger charge is -2.09. The van der Waals surface area contributed by atoms with E-state index in [0.29, 0.717) is 22.1 Å². The van der Waals surface area contributed by atoms with E-state index in [1.54, 1.807) is 42.5 Å². The number of ether oxygens (including phenoxy) is 1. The Balaban J connectivity index is 1.92. The molecular weight excluding hydrogens is 344 g/mol. The fourth-order valence-corrected chi connectivity index (χ4v) is 2.02. The maximum atomic E-state index is 11.8. The summed E-state index contributed by atoms with van der Waals surface area (Å²) in [5, 5.41) is 3.15. The molecule has 2 aromatic rings. The summed E-state index contributed by atoms with van der Waals surface area (Å²) in [6, 6.07) is 12.0. The van der Waals surface area contributed by atoms with Crippen molar-refractivity contribution in [2.75, 3.05) is 17.7 Å². The maximum Gasteiger partial charge on any atom is 0.262 e. The Bertz CT molecular complexity index is 617. The van der Waals surface area contributed by atoms with Crippen molar-refractivity contribution < 1.29 is 9.53 Å². The Labute approximate surface area is 130 Å². The van der Waals surface area contributed by atoms with E-state index in [-0.39, 0.29) is 12.5 Å². The number of carbonyl (C=O) groups is 1. The minimum atomic E-state index is -0.290. The number of nitrogen functional groups attached to an aromatic ring is 1. The van der Waals surface area contributed by atoms with Crippen molar-refractivity contribution in [3.63, 3.8) is 0 Å². The smallest absolute Gasteiger partial charge is 0.262 e. The first kappa shape index (κ1) is 14.7. The Hall–Kier alpha value is -1.72. The van der Waals surface area contributed by atoms with E-state index < -0.39 is 0 Å². The summed E-state index contributed by atoms with van der Waals surface area (Å²) in [5.74, 6) is 0.288. The van der Waals surface area contributed by atoms with E-state index in [2.05, 4.69) is 21.2 Å². The monoisotopic (exact) mass is 354 g/mol. The van der Waals surface area contributed by atoms with E-state index in [1.165, 1.54) is 0 Å². The second-order valence-electron chi connectivity index (χ2n) is 4.03. The Kier molecular flexibility index (Phi) is 4.87. The van der Waals surface area contributed by atoms with Crippen LogP contribution in [-0.2, 0) is 4.79 Å². The molecule has 0 fully saturated rings. The zero-order valence-corrected chi connectivity index (χ0v) is 12.7. The molecule has 0 bridgehead atoms. The van der Waals surface area contributed by atoms with Crippen LogP contribution in [0.1, 0.15) is 0 Å². The van der Waals surface area contributed by atoms with Crippen LogP contribution in [0.5, 0.6) is 5.75 Å². The quantitative estimate of drug-likeness (QED) is 0.822. The molecule has 0 heterocycles. The van der Waals surface area contributed by atoms with Gasteiger partial charge in [-0.25, -0.2) is 0 Å². The summed E-state index contributed by atoms with van der Waals surface area (Å²) in [6.07, 6.45) is 0. The van der Waals surface area contributed by atoms with Gasteiger partial charge in [-0.1, -0.05) is 27.5 Å². The lowest BCUT2D eigenvalue weighted by Crippen LogP contribution is -2.20. The van der Waals surface area contributed by atoms with Gasteiger partial charge in [-0.15, -0.1) is 0 Å². The lowest BCUT2D eigenvalue weighted by atomic mass is 10.3. The average molecular weight is 356 g/mol. The summed E-state index contributed by atoms with van der Waals surface area (Å²) in [5.41, 5.74) is 6.74. The third-order valence-corrected chi connectivity index (χ3v) is 3.28. The van der Waals surface area contributed by atoms with Crippen molar-refractivity contribution in [2.24, 2.45) is 0 Å². The first-order valence-electron chi connectivity index (χ1n) is 5.78. The van der Waals surface area contributed by atoms with Crippen molar-refractivity contribution in [2.45, 2.75) is 0 Å². The number of rotatable bonds is 4. The van der Waals surface area contributed by atoms with Gasteiger partial charge in [0.1, 0.15) is 5.75 Å². The second-order valence-corrected chi connectivity index (χ2v) is 5.35. The predicted octanol–water partition coefficient (Wildman–Crippen LogP) is 3.70. The fraction of sp³-hybridized carbons (Fsp3) is 0.0714. The number of hydrogen-bond acceptors (Lipinski definition) is 3. The number of amides is 1. The molecule has 0 saturated heterocycles. The van der Waals surface area contributed by atoms with Gasteiger partial charge in [-0.2, -0.15) is 0 Å². The number of nitrogens with one attached hydrogen (secondary N) is 1. The molecule has 0 spiro atoms. The molecule has 6 heteroatoms. The highest BCUT2D eigenvalue weighted by atomic mass is 79.9. The van der Waals surface area contributed by atoms with Crippen molar-refractivity contribution in [3.8, 4) is 5.75 Å². The SMILES string of the molecule is Nc1ccc(OCC(=O)Nc2cc(Br)ccc2Cl)cc1. The van der Waals surface area contributed by atoms with E-state index in [4.69, 9.17) is 22.1 Å². The molecule has 0 aliphatic rings. The van der Waals surface area contributed by atoms with Crippen LogP contribution in [-0.4, -0.2) is 12.5 Å². The second kappa shape index (κ2) is 6.63. The summed E-state index contributed by atoms with van der Waals surface area (Å²) >= 11 is 9.30. The minimum Gasteiger partial charge on any atom is -0.484 e. The van der Waals surface area contributed by atoms with Gasteiger partial charge in [-0.05, 0) is 42.5 Å². The van der Waals surface area contributed by atoms with Gasteiger partial charge in [0.2, 0.25) is 0 Å². The summed E-state index contributed by atoms with van der Waals surface area (Å²) in [6.45, 7) is -0.104. The molecule has 2 rings (SSSR count). The molecule has 0 aromatic heterocycles. The Morgan fingerprint density at radius 2 is 1.95 bits per heavy atom. The normalized spacial score (nSPS) is 10.1. The fourth-order valence-electron chi connectivity index (χ4n) is 1.49. The number of halogens is 2. The number of nitrogens with two attached hydrogens (primary N) is 1. The first-order valence-corrected chi connectivity index (χ1v) is 6.95. The van der Waals surface area contributed by atoms with Crippen molar-refractivity contribution in [3.05, 3.63) is 52.0 Å². The molecule has 0 unspecified atom stereocenters.